The Bertz CT molecular complexity index is 788. The molecule has 0 heterocycles. The van der Waals surface area contributed by atoms with Crippen molar-refractivity contribution in [2.24, 2.45) is 0 Å². The Morgan fingerprint density at radius 1 is 1.15 bits per heavy atom. The number of hydrogen-bond acceptors (Lipinski definition) is 4. The van der Waals surface area contributed by atoms with Crippen molar-refractivity contribution in [1.29, 1.82) is 5.26 Å². The van der Waals surface area contributed by atoms with Gasteiger partial charge in [-0.2, -0.15) is 5.26 Å². The summed E-state index contributed by atoms with van der Waals surface area (Å²) in [5.74, 6) is 0.527. The third kappa shape index (κ3) is 7.25. The van der Waals surface area contributed by atoms with Crippen LogP contribution in [0.3, 0.4) is 0 Å². The Balaban J connectivity index is 1.69. The van der Waals surface area contributed by atoms with Crippen LogP contribution in [0.1, 0.15) is 17.5 Å². The van der Waals surface area contributed by atoms with Crippen molar-refractivity contribution in [2.45, 2.75) is 12.8 Å². The summed E-state index contributed by atoms with van der Waals surface area (Å²) in [6, 6.07) is 17.6. The van der Waals surface area contributed by atoms with Gasteiger partial charge in [-0.05, 0) is 54.3 Å². The first kappa shape index (κ1) is 20.1. The number of nitrogens with zero attached hydrogens (tertiary/aromatic N) is 2. The molecule has 2 aromatic rings. The van der Waals surface area contributed by atoms with Crippen LogP contribution >= 0.6 is 0 Å². The number of carbonyl (C=O) groups is 1. The molecule has 5 nitrogen and oxygen atoms in total. The van der Waals surface area contributed by atoms with E-state index in [1.165, 1.54) is 17.3 Å². The summed E-state index contributed by atoms with van der Waals surface area (Å²) < 4.78 is 5.19. The SMILES string of the molecule is CN(C)c1ccc(CCCNC(=O)/C=C/c2ccc(OCC#N)cc2)cc1. The van der Waals surface area contributed by atoms with Crippen LogP contribution in [0.4, 0.5) is 5.69 Å². The van der Waals surface area contributed by atoms with E-state index in [2.05, 4.69) is 34.5 Å². The van der Waals surface area contributed by atoms with Gasteiger partial charge in [0.05, 0.1) is 0 Å². The Morgan fingerprint density at radius 3 is 2.48 bits per heavy atom. The second-order valence-electron chi connectivity index (χ2n) is 6.30. The van der Waals surface area contributed by atoms with Crippen LogP contribution in [0, 0.1) is 11.3 Å². The lowest BCUT2D eigenvalue weighted by atomic mass is 10.1. The first-order valence-electron chi connectivity index (χ1n) is 8.90. The number of nitriles is 1. The lowest BCUT2D eigenvalue weighted by molar-refractivity contribution is -0.116. The predicted molar refractivity (Wildman–Crippen MR) is 109 cm³/mol. The zero-order valence-electron chi connectivity index (χ0n) is 15.8. The molecule has 5 heteroatoms. The van der Waals surface area contributed by atoms with Gasteiger partial charge in [-0.1, -0.05) is 24.3 Å². The summed E-state index contributed by atoms with van der Waals surface area (Å²) in [5, 5.41) is 11.4. The minimum Gasteiger partial charge on any atom is -0.479 e. The summed E-state index contributed by atoms with van der Waals surface area (Å²) >= 11 is 0. The zero-order valence-corrected chi connectivity index (χ0v) is 15.8. The molecule has 1 amide bonds. The van der Waals surface area contributed by atoms with Gasteiger partial charge in [-0.3, -0.25) is 4.79 Å². The van der Waals surface area contributed by atoms with Crippen LogP contribution in [0.15, 0.2) is 54.6 Å². The van der Waals surface area contributed by atoms with Gasteiger partial charge in [0.15, 0.2) is 6.61 Å². The molecule has 0 atom stereocenters. The van der Waals surface area contributed by atoms with Gasteiger partial charge in [-0.15, -0.1) is 0 Å². The zero-order chi connectivity index (χ0) is 19.5. The fourth-order valence-electron chi connectivity index (χ4n) is 2.49. The molecule has 140 valence electrons. The third-order valence-electron chi connectivity index (χ3n) is 4.00. The van der Waals surface area contributed by atoms with Crippen LogP contribution in [-0.2, 0) is 11.2 Å². The molecule has 0 saturated heterocycles. The normalized spacial score (nSPS) is 10.4. The standard InChI is InChI=1S/C22H25N3O2/c1-25(2)20-10-5-18(6-11-20)4-3-16-24-22(26)14-9-19-7-12-21(13-8-19)27-17-15-23/h5-14H,3-4,16-17H2,1-2H3,(H,24,26)/b14-9+. The van der Waals surface area contributed by atoms with Crippen molar-refractivity contribution in [3.05, 3.63) is 65.7 Å². The Kier molecular flexibility index (Phi) is 7.92. The average molecular weight is 363 g/mol. The number of hydrogen-bond donors (Lipinski definition) is 1. The van der Waals surface area contributed by atoms with Crippen molar-refractivity contribution in [1.82, 2.24) is 5.32 Å². The van der Waals surface area contributed by atoms with Gasteiger partial charge in [0.25, 0.3) is 0 Å². The van der Waals surface area contributed by atoms with Crippen LogP contribution in [0.25, 0.3) is 6.08 Å². The summed E-state index contributed by atoms with van der Waals surface area (Å²) in [6.45, 7) is 0.664. The molecule has 2 aromatic carbocycles. The molecule has 0 aliphatic heterocycles. The van der Waals surface area contributed by atoms with Crippen molar-refractivity contribution in [3.8, 4) is 11.8 Å². The highest BCUT2D eigenvalue weighted by Crippen LogP contribution is 2.14. The minimum atomic E-state index is -0.109. The largest absolute Gasteiger partial charge is 0.479 e. The molecule has 0 aliphatic rings. The van der Waals surface area contributed by atoms with Gasteiger partial charge < -0.3 is 15.0 Å². The first-order valence-corrected chi connectivity index (χ1v) is 8.90. The van der Waals surface area contributed by atoms with E-state index >= 15 is 0 Å². The fraction of sp³-hybridized carbons (Fsp3) is 0.273. The monoisotopic (exact) mass is 363 g/mol. The van der Waals surface area contributed by atoms with Gasteiger partial charge >= 0.3 is 0 Å². The summed E-state index contributed by atoms with van der Waals surface area (Å²) in [5.41, 5.74) is 3.35. The average Bonchev–Trinajstić information content (AvgIpc) is 2.69. The second kappa shape index (κ2) is 10.7. The highest BCUT2D eigenvalue weighted by atomic mass is 16.5. The Labute approximate surface area is 160 Å². The molecule has 0 aliphatic carbocycles. The molecule has 0 aromatic heterocycles. The molecule has 0 fully saturated rings. The van der Waals surface area contributed by atoms with Gasteiger partial charge in [-0.25, -0.2) is 0 Å². The van der Waals surface area contributed by atoms with Crippen LogP contribution in [-0.4, -0.2) is 33.2 Å². The third-order valence-corrected chi connectivity index (χ3v) is 4.00. The maximum absolute atomic E-state index is 11.9. The maximum Gasteiger partial charge on any atom is 0.243 e. The lowest BCUT2D eigenvalue weighted by Crippen LogP contribution is -2.22. The van der Waals surface area contributed by atoms with E-state index in [0.717, 1.165) is 18.4 Å². The van der Waals surface area contributed by atoms with Gasteiger partial charge in [0, 0.05) is 32.4 Å². The highest BCUT2D eigenvalue weighted by molar-refractivity contribution is 5.91. The Hall–Kier alpha value is -3.26. The van der Waals surface area contributed by atoms with Gasteiger partial charge in [0.2, 0.25) is 5.91 Å². The number of anilines is 1. The molecule has 1 N–H and O–H groups in total. The second-order valence-corrected chi connectivity index (χ2v) is 6.30. The van der Waals surface area contributed by atoms with E-state index in [0.29, 0.717) is 12.3 Å². The van der Waals surface area contributed by atoms with Crippen LogP contribution in [0.5, 0.6) is 5.75 Å². The number of aryl methyl sites for hydroxylation is 1. The lowest BCUT2D eigenvalue weighted by Gasteiger charge is -2.12. The number of rotatable bonds is 9. The number of nitrogens with one attached hydrogen (secondary N) is 1. The molecule has 0 saturated carbocycles. The number of benzene rings is 2. The molecule has 0 bridgehead atoms. The number of carbonyl (C=O) groups excluding carboxylic acids is 1. The quantitative estimate of drug-likeness (QED) is 0.548. The molecular formula is C22H25N3O2. The van der Waals surface area contributed by atoms with E-state index in [9.17, 15) is 4.79 Å². The molecule has 0 unspecified atom stereocenters. The van der Waals surface area contributed by atoms with Crippen LogP contribution < -0.4 is 15.0 Å². The first-order chi connectivity index (χ1) is 13.1. The molecule has 2 rings (SSSR count). The Morgan fingerprint density at radius 2 is 1.85 bits per heavy atom. The van der Waals surface area contributed by atoms with E-state index in [1.54, 1.807) is 18.2 Å². The number of ether oxygens (including phenoxy) is 1. The van der Waals surface area contributed by atoms with E-state index in [4.69, 9.17) is 10.00 Å². The van der Waals surface area contributed by atoms with E-state index in [1.807, 2.05) is 32.3 Å². The van der Waals surface area contributed by atoms with Crippen molar-refractivity contribution in [2.75, 3.05) is 32.1 Å². The van der Waals surface area contributed by atoms with Crippen LogP contribution in [0.2, 0.25) is 0 Å². The predicted octanol–water partition coefficient (Wildman–Crippen LogP) is 3.42. The van der Waals surface area contributed by atoms with E-state index in [-0.39, 0.29) is 12.5 Å². The van der Waals surface area contributed by atoms with E-state index < -0.39 is 0 Å². The molecule has 0 radical (unpaired) electrons. The fourth-order valence-corrected chi connectivity index (χ4v) is 2.49. The maximum atomic E-state index is 11.9. The molecule has 0 spiro atoms. The molecular weight excluding hydrogens is 338 g/mol. The highest BCUT2D eigenvalue weighted by Gasteiger charge is 1.99. The minimum absolute atomic E-state index is 0.0252. The van der Waals surface area contributed by atoms with Crippen molar-refractivity contribution in [3.63, 3.8) is 0 Å². The van der Waals surface area contributed by atoms with Crippen molar-refractivity contribution >= 4 is 17.7 Å². The number of amides is 1. The summed E-state index contributed by atoms with van der Waals surface area (Å²) in [7, 11) is 4.05. The molecule has 27 heavy (non-hydrogen) atoms. The summed E-state index contributed by atoms with van der Waals surface area (Å²) in [6.07, 6.45) is 5.11. The topological polar surface area (TPSA) is 65.4 Å². The van der Waals surface area contributed by atoms with Crippen molar-refractivity contribution < 1.29 is 9.53 Å². The smallest absolute Gasteiger partial charge is 0.243 e. The summed E-state index contributed by atoms with van der Waals surface area (Å²) in [4.78, 5) is 14.0. The van der Waals surface area contributed by atoms with Gasteiger partial charge in [0.1, 0.15) is 11.8 Å².